The molecular formula is C16H34N2O. The molecule has 1 heterocycles. The van der Waals surface area contributed by atoms with Gasteiger partial charge in [0.1, 0.15) is 0 Å². The number of piperazine rings is 1. The van der Waals surface area contributed by atoms with Gasteiger partial charge in [-0.15, -0.1) is 0 Å². The van der Waals surface area contributed by atoms with Crippen LogP contribution < -0.4 is 0 Å². The van der Waals surface area contributed by atoms with Gasteiger partial charge in [-0.05, 0) is 38.3 Å². The summed E-state index contributed by atoms with van der Waals surface area (Å²) in [6, 6.07) is 0. The van der Waals surface area contributed by atoms with Crippen LogP contribution in [0.2, 0.25) is 0 Å². The van der Waals surface area contributed by atoms with Crippen LogP contribution >= 0.6 is 0 Å². The highest BCUT2D eigenvalue weighted by Crippen LogP contribution is 2.15. The summed E-state index contributed by atoms with van der Waals surface area (Å²) in [6.45, 7) is 12.3. The normalized spacial score (nSPS) is 19.7. The van der Waals surface area contributed by atoms with Gasteiger partial charge in [-0.3, -0.25) is 0 Å². The molecule has 0 aromatic heterocycles. The van der Waals surface area contributed by atoms with Crippen molar-refractivity contribution >= 4 is 0 Å². The fourth-order valence-corrected chi connectivity index (χ4v) is 3.01. The van der Waals surface area contributed by atoms with Crippen molar-refractivity contribution in [2.45, 2.75) is 52.4 Å². The first-order valence-corrected chi connectivity index (χ1v) is 8.35. The summed E-state index contributed by atoms with van der Waals surface area (Å²) in [5, 5.41) is 9.25. The fraction of sp³-hybridized carbons (Fsp3) is 1.00. The smallest absolute Gasteiger partial charge is 0.0459 e. The lowest BCUT2D eigenvalue weighted by Gasteiger charge is -2.34. The average Bonchev–Trinajstić information content (AvgIpc) is 2.46. The molecule has 19 heavy (non-hydrogen) atoms. The highest BCUT2D eigenvalue weighted by Gasteiger charge is 2.14. The third kappa shape index (κ3) is 7.28. The number of aliphatic hydroxyl groups is 1. The van der Waals surface area contributed by atoms with Crippen molar-refractivity contribution in [1.29, 1.82) is 0 Å². The van der Waals surface area contributed by atoms with Gasteiger partial charge in [0, 0.05) is 32.8 Å². The molecule has 1 saturated heterocycles. The Morgan fingerprint density at radius 3 is 2.16 bits per heavy atom. The number of unbranched alkanes of at least 4 members (excludes halogenated alkanes) is 2. The molecule has 3 nitrogen and oxygen atoms in total. The van der Waals surface area contributed by atoms with Crippen LogP contribution in [0.1, 0.15) is 52.4 Å². The zero-order chi connectivity index (χ0) is 13.9. The third-order valence-corrected chi connectivity index (χ3v) is 4.45. The Labute approximate surface area is 120 Å². The summed E-state index contributed by atoms with van der Waals surface area (Å²) < 4.78 is 0. The van der Waals surface area contributed by atoms with E-state index in [9.17, 15) is 5.11 Å². The van der Waals surface area contributed by atoms with Crippen molar-refractivity contribution in [3.8, 4) is 0 Å². The van der Waals surface area contributed by atoms with Gasteiger partial charge in [0.05, 0.1) is 0 Å². The second kappa shape index (κ2) is 10.6. The van der Waals surface area contributed by atoms with Crippen molar-refractivity contribution in [2.75, 3.05) is 45.9 Å². The quantitative estimate of drug-likeness (QED) is 0.618. The second-order valence-electron chi connectivity index (χ2n) is 5.96. The first-order valence-electron chi connectivity index (χ1n) is 8.35. The van der Waals surface area contributed by atoms with Crippen LogP contribution in [0.3, 0.4) is 0 Å². The molecule has 0 unspecified atom stereocenters. The maximum atomic E-state index is 9.25. The lowest BCUT2D eigenvalue weighted by atomic mass is 9.97. The standard InChI is InChI=1S/C16H34N2O/c1-3-8-16(15-19)9-6-5-7-10-18-13-11-17(4-2)12-14-18/h16,19H,3-15H2,1-2H3/t16-/m1/s1. The molecule has 0 saturated carbocycles. The first kappa shape index (κ1) is 16.9. The second-order valence-corrected chi connectivity index (χ2v) is 5.96. The maximum absolute atomic E-state index is 9.25. The SMILES string of the molecule is CCC[C@@H](CO)CCCCCN1CCN(CC)CC1. The average molecular weight is 270 g/mol. The van der Waals surface area contributed by atoms with Gasteiger partial charge < -0.3 is 14.9 Å². The minimum absolute atomic E-state index is 0.382. The summed E-state index contributed by atoms with van der Waals surface area (Å²) in [4.78, 5) is 5.15. The van der Waals surface area contributed by atoms with E-state index in [1.807, 2.05) is 0 Å². The number of likely N-dealkylation sites (N-methyl/N-ethyl adjacent to an activating group) is 1. The Kier molecular flexibility index (Phi) is 9.48. The van der Waals surface area contributed by atoms with Gasteiger partial charge in [0.15, 0.2) is 0 Å². The number of aliphatic hydroxyl groups excluding tert-OH is 1. The summed E-state index contributed by atoms with van der Waals surface area (Å²) >= 11 is 0. The molecule has 0 bridgehead atoms. The van der Waals surface area contributed by atoms with E-state index in [-0.39, 0.29) is 0 Å². The number of hydrogen-bond acceptors (Lipinski definition) is 3. The summed E-state index contributed by atoms with van der Waals surface area (Å²) in [5.74, 6) is 0.554. The molecule has 1 N–H and O–H groups in total. The molecule has 1 fully saturated rings. The Bertz CT molecular complexity index is 203. The topological polar surface area (TPSA) is 26.7 Å². The molecule has 0 radical (unpaired) electrons. The molecule has 1 atom stereocenters. The molecule has 3 heteroatoms. The van der Waals surface area contributed by atoms with Gasteiger partial charge in [-0.2, -0.15) is 0 Å². The van der Waals surface area contributed by atoms with Crippen LogP contribution in [0.4, 0.5) is 0 Å². The Morgan fingerprint density at radius 2 is 1.58 bits per heavy atom. The fourth-order valence-electron chi connectivity index (χ4n) is 3.01. The van der Waals surface area contributed by atoms with E-state index < -0.39 is 0 Å². The van der Waals surface area contributed by atoms with E-state index >= 15 is 0 Å². The molecule has 1 rings (SSSR count). The van der Waals surface area contributed by atoms with Crippen LogP contribution in [0.5, 0.6) is 0 Å². The zero-order valence-electron chi connectivity index (χ0n) is 13.1. The minimum atomic E-state index is 0.382. The van der Waals surface area contributed by atoms with Crippen molar-refractivity contribution in [1.82, 2.24) is 9.80 Å². The maximum Gasteiger partial charge on any atom is 0.0459 e. The molecule has 1 aliphatic heterocycles. The van der Waals surface area contributed by atoms with Crippen LogP contribution in [-0.4, -0.2) is 60.8 Å². The van der Waals surface area contributed by atoms with Crippen molar-refractivity contribution in [2.24, 2.45) is 5.92 Å². The summed E-state index contributed by atoms with van der Waals surface area (Å²) in [7, 11) is 0. The molecule has 0 aliphatic carbocycles. The monoisotopic (exact) mass is 270 g/mol. The molecular weight excluding hydrogens is 236 g/mol. The summed E-state index contributed by atoms with van der Waals surface area (Å²) in [6.07, 6.45) is 7.56. The van der Waals surface area contributed by atoms with E-state index in [1.54, 1.807) is 0 Å². The lowest BCUT2D eigenvalue weighted by Crippen LogP contribution is -2.46. The Morgan fingerprint density at radius 1 is 0.895 bits per heavy atom. The van der Waals surface area contributed by atoms with Gasteiger partial charge in [-0.1, -0.05) is 33.1 Å². The van der Waals surface area contributed by atoms with Gasteiger partial charge in [0.2, 0.25) is 0 Å². The van der Waals surface area contributed by atoms with E-state index in [4.69, 9.17) is 0 Å². The van der Waals surface area contributed by atoms with Crippen LogP contribution in [0.15, 0.2) is 0 Å². The number of nitrogens with zero attached hydrogens (tertiary/aromatic N) is 2. The van der Waals surface area contributed by atoms with Gasteiger partial charge >= 0.3 is 0 Å². The third-order valence-electron chi connectivity index (χ3n) is 4.45. The Balaban J connectivity index is 1.96. The summed E-state index contributed by atoms with van der Waals surface area (Å²) in [5.41, 5.74) is 0. The van der Waals surface area contributed by atoms with Crippen LogP contribution in [0.25, 0.3) is 0 Å². The van der Waals surface area contributed by atoms with E-state index in [2.05, 4.69) is 23.6 Å². The molecule has 114 valence electrons. The highest BCUT2D eigenvalue weighted by atomic mass is 16.3. The van der Waals surface area contributed by atoms with Crippen molar-refractivity contribution < 1.29 is 5.11 Å². The van der Waals surface area contributed by atoms with E-state index in [0.29, 0.717) is 12.5 Å². The molecule has 1 aliphatic rings. The van der Waals surface area contributed by atoms with Gasteiger partial charge in [-0.25, -0.2) is 0 Å². The molecule has 0 aromatic rings. The first-order chi connectivity index (χ1) is 9.30. The van der Waals surface area contributed by atoms with E-state index in [1.165, 1.54) is 77.8 Å². The Hall–Kier alpha value is -0.120. The molecule has 0 aromatic carbocycles. The minimum Gasteiger partial charge on any atom is -0.396 e. The van der Waals surface area contributed by atoms with E-state index in [0.717, 1.165) is 0 Å². The van der Waals surface area contributed by atoms with Crippen molar-refractivity contribution in [3.63, 3.8) is 0 Å². The molecule has 0 spiro atoms. The largest absolute Gasteiger partial charge is 0.396 e. The predicted molar refractivity (Wildman–Crippen MR) is 82.5 cm³/mol. The molecule has 0 amide bonds. The number of hydrogen-bond donors (Lipinski definition) is 1. The van der Waals surface area contributed by atoms with Crippen LogP contribution in [0, 0.1) is 5.92 Å². The zero-order valence-corrected chi connectivity index (χ0v) is 13.1. The lowest BCUT2D eigenvalue weighted by molar-refractivity contribution is 0.135. The van der Waals surface area contributed by atoms with Crippen LogP contribution in [-0.2, 0) is 0 Å². The highest BCUT2D eigenvalue weighted by molar-refractivity contribution is 4.70. The van der Waals surface area contributed by atoms with Crippen molar-refractivity contribution in [3.05, 3.63) is 0 Å². The number of rotatable bonds is 10. The van der Waals surface area contributed by atoms with Gasteiger partial charge in [0.25, 0.3) is 0 Å². The predicted octanol–water partition coefficient (Wildman–Crippen LogP) is 2.59.